The van der Waals surface area contributed by atoms with E-state index in [1.807, 2.05) is 19.9 Å². The molecule has 0 heterocycles. The van der Waals surface area contributed by atoms with Crippen molar-refractivity contribution in [2.24, 2.45) is 0 Å². The van der Waals surface area contributed by atoms with Crippen molar-refractivity contribution in [2.75, 3.05) is 0 Å². The first-order valence-corrected chi connectivity index (χ1v) is 8.75. The van der Waals surface area contributed by atoms with Gasteiger partial charge in [0.2, 0.25) is 0 Å². The number of hydrogen-bond acceptors (Lipinski definition) is 2. The van der Waals surface area contributed by atoms with Gasteiger partial charge in [-0.15, -0.1) is 0 Å². The van der Waals surface area contributed by atoms with E-state index < -0.39 is 11.9 Å². The highest BCUT2D eigenvalue weighted by Gasteiger charge is 2.23. The second-order valence-corrected chi connectivity index (χ2v) is 6.26. The second kappa shape index (κ2) is 8.65. The van der Waals surface area contributed by atoms with E-state index in [0.29, 0.717) is 6.42 Å². The van der Waals surface area contributed by atoms with Crippen LogP contribution in [0.4, 0.5) is 4.39 Å². The molecule has 0 radical (unpaired) electrons. The predicted octanol–water partition coefficient (Wildman–Crippen LogP) is 4.87. The maximum atomic E-state index is 13.8. The maximum absolute atomic E-state index is 13.8. The van der Waals surface area contributed by atoms with Crippen molar-refractivity contribution in [2.45, 2.75) is 52.7 Å². The summed E-state index contributed by atoms with van der Waals surface area (Å²) in [6, 6.07) is 12.2. The summed E-state index contributed by atoms with van der Waals surface area (Å²) in [6.45, 7) is 8.00. The van der Waals surface area contributed by atoms with Gasteiger partial charge >= 0.3 is 0 Å². The third kappa shape index (κ3) is 4.81. The number of nitrogens with one attached hydrogen (secondary N) is 1. The summed E-state index contributed by atoms with van der Waals surface area (Å²) < 4.78 is 19.4. The topological polar surface area (TPSA) is 38.3 Å². The summed E-state index contributed by atoms with van der Waals surface area (Å²) in [4.78, 5) is 12.6. The highest BCUT2D eigenvalue weighted by atomic mass is 19.1. The summed E-state index contributed by atoms with van der Waals surface area (Å²) >= 11 is 0. The number of hydrogen-bond donors (Lipinski definition) is 1. The van der Waals surface area contributed by atoms with Gasteiger partial charge in [-0.2, -0.15) is 0 Å². The summed E-state index contributed by atoms with van der Waals surface area (Å²) in [5, 5.41) is 3.03. The first kappa shape index (κ1) is 19.0. The van der Waals surface area contributed by atoms with Gasteiger partial charge < -0.3 is 10.1 Å². The Hall–Kier alpha value is -2.36. The van der Waals surface area contributed by atoms with Crippen molar-refractivity contribution in [1.82, 2.24) is 5.32 Å². The number of para-hydroxylation sites is 1. The van der Waals surface area contributed by atoms with Gasteiger partial charge in [0.25, 0.3) is 5.91 Å². The molecular weight excluding hydrogens is 317 g/mol. The molecule has 0 aliphatic rings. The molecule has 2 aromatic carbocycles. The maximum Gasteiger partial charge on any atom is 0.261 e. The Morgan fingerprint density at radius 3 is 2.40 bits per heavy atom. The highest BCUT2D eigenvalue weighted by molar-refractivity contribution is 5.81. The predicted molar refractivity (Wildman–Crippen MR) is 98.2 cm³/mol. The van der Waals surface area contributed by atoms with Crippen molar-refractivity contribution >= 4 is 5.91 Å². The fraction of sp³-hybridized carbons (Fsp3) is 0.381. The minimum atomic E-state index is -0.725. The Labute approximate surface area is 149 Å². The highest BCUT2D eigenvalue weighted by Crippen LogP contribution is 2.22. The van der Waals surface area contributed by atoms with Crippen molar-refractivity contribution in [3.05, 3.63) is 65.0 Å². The molecular formula is C21H26FNO2. The Balaban J connectivity index is 2.11. The lowest BCUT2D eigenvalue weighted by Gasteiger charge is -2.23. The first-order chi connectivity index (χ1) is 12.0. The number of aryl methyl sites for hydroxylation is 2. The number of amides is 1. The molecule has 2 rings (SSSR count). The normalized spacial score (nSPS) is 13.2. The summed E-state index contributed by atoms with van der Waals surface area (Å²) in [5.74, 6) is -0.588. The van der Waals surface area contributed by atoms with Gasteiger partial charge in [-0.25, -0.2) is 4.39 Å². The molecule has 2 aromatic rings. The van der Waals surface area contributed by atoms with Gasteiger partial charge in [0.05, 0.1) is 6.04 Å². The van der Waals surface area contributed by atoms with Gasteiger partial charge in [-0.3, -0.25) is 4.79 Å². The molecule has 0 spiro atoms. The fourth-order valence-electron chi connectivity index (χ4n) is 2.68. The number of halogens is 1. The second-order valence-electron chi connectivity index (χ2n) is 6.26. The number of benzene rings is 2. The monoisotopic (exact) mass is 343 g/mol. The molecule has 0 bridgehead atoms. The van der Waals surface area contributed by atoms with E-state index in [1.165, 1.54) is 23.3 Å². The van der Waals surface area contributed by atoms with E-state index in [2.05, 4.69) is 31.3 Å². The van der Waals surface area contributed by atoms with Crippen molar-refractivity contribution in [1.29, 1.82) is 0 Å². The lowest BCUT2D eigenvalue weighted by molar-refractivity contribution is -0.129. The van der Waals surface area contributed by atoms with Crippen LogP contribution < -0.4 is 10.1 Å². The van der Waals surface area contributed by atoms with E-state index >= 15 is 0 Å². The average molecular weight is 343 g/mol. The zero-order valence-electron chi connectivity index (χ0n) is 15.3. The lowest BCUT2D eigenvalue weighted by atomic mass is 9.99. The summed E-state index contributed by atoms with van der Waals surface area (Å²) in [7, 11) is 0. The van der Waals surface area contributed by atoms with Gasteiger partial charge in [0.15, 0.2) is 17.7 Å². The zero-order chi connectivity index (χ0) is 18.4. The van der Waals surface area contributed by atoms with Crippen molar-refractivity contribution in [3.63, 3.8) is 0 Å². The first-order valence-electron chi connectivity index (χ1n) is 8.75. The van der Waals surface area contributed by atoms with Crippen LogP contribution in [0.5, 0.6) is 5.75 Å². The van der Waals surface area contributed by atoms with Gasteiger partial charge in [0.1, 0.15) is 0 Å². The van der Waals surface area contributed by atoms with E-state index in [1.54, 1.807) is 12.1 Å². The van der Waals surface area contributed by atoms with Crippen molar-refractivity contribution < 1.29 is 13.9 Å². The van der Waals surface area contributed by atoms with Crippen LogP contribution in [0.1, 0.15) is 49.4 Å². The third-order valence-corrected chi connectivity index (χ3v) is 4.43. The molecule has 0 unspecified atom stereocenters. The molecule has 1 amide bonds. The number of rotatable bonds is 7. The van der Waals surface area contributed by atoms with Gasteiger partial charge in [-0.05, 0) is 55.5 Å². The van der Waals surface area contributed by atoms with Crippen LogP contribution in [-0.4, -0.2) is 12.0 Å². The van der Waals surface area contributed by atoms with E-state index in [4.69, 9.17) is 4.74 Å². The van der Waals surface area contributed by atoms with Crippen LogP contribution in [-0.2, 0) is 4.79 Å². The smallest absolute Gasteiger partial charge is 0.261 e. The largest absolute Gasteiger partial charge is 0.478 e. The lowest BCUT2D eigenvalue weighted by Crippen LogP contribution is -2.40. The van der Waals surface area contributed by atoms with Crippen LogP contribution in [0.15, 0.2) is 42.5 Å². The third-order valence-electron chi connectivity index (χ3n) is 4.43. The Morgan fingerprint density at radius 1 is 1.08 bits per heavy atom. The molecule has 2 atom stereocenters. The van der Waals surface area contributed by atoms with Gasteiger partial charge in [0, 0.05) is 0 Å². The molecule has 0 aliphatic heterocycles. The molecule has 1 N–H and O–H groups in total. The van der Waals surface area contributed by atoms with E-state index in [-0.39, 0.29) is 17.7 Å². The quantitative estimate of drug-likeness (QED) is 0.779. The summed E-state index contributed by atoms with van der Waals surface area (Å²) in [5.41, 5.74) is 3.48. The Morgan fingerprint density at radius 2 is 1.80 bits per heavy atom. The van der Waals surface area contributed by atoms with Crippen molar-refractivity contribution in [3.8, 4) is 5.75 Å². The zero-order valence-corrected chi connectivity index (χ0v) is 15.3. The number of carbonyl (C=O) groups is 1. The molecule has 0 aromatic heterocycles. The molecule has 25 heavy (non-hydrogen) atoms. The minimum Gasteiger partial charge on any atom is -0.478 e. The van der Waals surface area contributed by atoms with Crippen LogP contribution in [0.25, 0.3) is 0 Å². The van der Waals surface area contributed by atoms with Crippen LogP contribution in [0.2, 0.25) is 0 Å². The average Bonchev–Trinajstić information content (AvgIpc) is 2.61. The molecule has 3 nitrogen and oxygen atoms in total. The molecule has 0 fully saturated rings. The molecule has 134 valence electrons. The molecule has 0 aliphatic carbocycles. The SMILES string of the molecule is CC[C@H](Oc1ccccc1F)C(=O)N[C@H](CC)c1ccc(C)c(C)c1. The molecule has 4 heteroatoms. The number of ether oxygens (including phenoxy) is 1. The molecule has 0 saturated carbocycles. The van der Waals surface area contributed by atoms with Crippen LogP contribution in [0, 0.1) is 19.7 Å². The summed E-state index contributed by atoms with van der Waals surface area (Å²) in [6.07, 6.45) is 0.506. The number of carbonyl (C=O) groups excluding carboxylic acids is 1. The standard InChI is InChI=1S/C21H26FNO2/c1-5-18(16-12-11-14(3)15(4)13-16)23-21(24)19(6-2)25-20-10-8-7-9-17(20)22/h7-13,18-19H,5-6H2,1-4H3,(H,23,24)/t18-,19+/m1/s1. The molecule has 0 saturated heterocycles. The fourth-order valence-corrected chi connectivity index (χ4v) is 2.68. The van der Waals surface area contributed by atoms with Crippen LogP contribution in [0.3, 0.4) is 0 Å². The van der Waals surface area contributed by atoms with Crippen LogP contribution >= 0.6 is 0 Å². The van der Waals surface area contributed by atoms with E-state index in [0.717, 1.165) is 12.0 Å². The Kier molecular flexibility index (Phi) is 6.57. The minimum absolute atomic E-state index is 0.0925. The Bertz CT molecular complexity index is 730. The van der Waals surface area contributed by atoms with Gasteiger partial charge in [-0.1, -0.05) is 44.2 Å². The van der Waals surface area contributed by atoms with E-state index in [9.17, 15) is 9.18 Å².